The average molecular weight is 245 g/mol. The molecule has 0 aromatic rings. The monoisotopic (exact) mass is 245 g/mol. The Labute approximate surface area is 105 Å². The zero-order chi connectivity index (χ0) is 13.3. The van der Waals surface area contributed by atoms with Gasteiger partial charge >= 0.3 is 5.97 Å². The molecular formula is C13H27NO3. The van der Waals surface area contributed by atoms with Crippen LogP contribution < -0.4 is 5.32 Å². The van der Waals surface area contributed by atoms with Crippen LogP contribution in [0.3, 0.4) is 0 Å². The Morgan fingerprint density at radius 3 is 2.53 bits per heavy atom. The Morgan fingerprint density at radius 2 is 2.06 bits per heavy atom. The second-order valence-corrected chi connectivity index (χ2v) is 4.94. The summed E-state index contributed by atoms with van der Waals surface area (Å²) in [5.41, 5.74) is -0.798. The maximum absolute atomic E-state index is 11.2. The number of hydrogen-bond donors (Lipinski definition) is 2. The van der Waals surface area contributed by atoms with Gasteiger partial charge in [-0.25, -0.2) is 0 Å². The van der Waals surface area contributed by atoms with Crippen molar-refractivity contribution in [2.45, 2.75) is 65.0 Å². The normalized spacial score (nSPS) is 14.9. The summed E-state index contributed by atoms with van der Waals surface area (Å²) in [6.45, 7) is 9.25. The predicted octanol–water partition coefficient (Wildman–Crippen LogP) is 2.42. The number of unbranched alkanes of at least 4 members (excludes halogenated alkanes) is 1. The van der Waals surface area contributed by atoms with E-state index in [1.165, 1.54) is 0 Å². The van der Waals surface area contributed by atoms with E-state index in [0.29, 0.717) is 13.0 Å². The molecule has 0 rings (SSSR count). The molecule has 0 fully saturated rings. The lowest BCUT2D eigenvalue weighted by Gasteiger charge is -2.26. The quantitative estimate of drug-likeness (QED) is 0.580. The van der Waals surface area contributed by atoms with E-state index in [2.05, 4.69) is 5.32 Å². The molecule has 0 aliphatic heterocycles. The Kier molecular flexibility index (Phi) is 8.17. The molecule has 0 radical (unpaired) electrons. The number of ether oxygens (including phenoxy) is 1. The highest BCUT2D eigenvalue weighted by Crippen LogP contribution is 2.14. The van der Waals surface area contributed by atoms with Crippen LogP contribution in [-0.2, 0) is 9.53 Å². The van der Waals surface area contributed by atoms with Crippen molar-refractivity contribution in [3.63, 3.8) is 0 Å². The highest BCUT2D eigenvalue weighted by Gasteiger charge is 2.31. The van der Waals surface area contributed by atoms with Gasteiger partial charge in [0.25, 0.3) is 0 Å². The van der Waals surface area contributed by atoms with Crippen LogP contribution in [0.5, 0.6) is 0 Å². The third-order valence-electron chi connectivity index (χ3n) is 2.76. The molecule has 2 N–H and O–H groups in total. The lowest BCUT2D eigenvalue weighted by molar-refractivity contribution is -0.144. The molecule has 0 heterocycles. The molecule has 0 saturated heterocycles. The molecule has 1 atom stereocenters. The minimum atomic E-state index is -0.798. The second kappa shape index (κ2) is 8.48. The van der Waals surface area contributed by atoms with Crippen LogP contribution in [0.2, 0.25) is 0 Å². The zero-order valence-corrected chi connectivity index (χ0v) is 11.6. The standard InChI is InChI=1S/C13H27NO3/c1-5-9-14-13(4,12(15)16)8-6-7-10-17-11(2)3/h11,14H,5-10H2,1-4H3,(H,15,16). The number of aliphatic carboxylic acids is 1. The van der Waals surface area contributed by atoms with Crippen LogP contribution in [0.4, 0.5) is 0 Å². The summed E-state index contributed by atoms with van der Waals surface area (Å²) in [4.78, 5) is 11.2. The first-order valence-electron chi connectivity index (χ1n) is 6.52. The number of carboxylic acid groups (broad SMARTS) is 1. The van der Waals surface area contributed by atoms with Gasteiger partial charge in [0, 0.05) is 6.61 Å². The zero-order valence-electron chi connectivity index (χ0n) is 11.6. The van der Waals surface area contributed by atoms with E-state index in [1.807, 2.05) is 20.8 Å². The second-order valence-electron chi connectivity index (χ2n) is 4.94. The summed E-state index contributed by atoms with van der Waals surface area (Å²) in [6.07, 6.45) is 3.61. The molecule has 0 bridgehead atoms. The van der Waals surface area contributed by atoms with Gasteiger partial charge in [0.2, 0.25) is 0 Å². The van der Waals surface area contributed by atoms with Crippen molar-refractivity contribution < 1.29 is 14.6 Å². The number of rotatable bonds is 10. The van der Waals surface area contributed by atoms with Crippen molar-refractivity contribution in [2.24, 2.45) is 0 Å². The van der Waals surface area contributed by atoms with Crippen molar-refractivity contribution in [1.82, 2.24) is 5.32 Å². The summed E-state index contributed by atoms with van der Waals surface area (Å²) in [7, 11) is 0. The molecule has 0 aromatic heterocycles. The first kappa shape index (κ1) is 16.4. The number of hydrogen-bond acceptors (Lipinski definition) is 3. The topological polar surface area (TPSA) is 58.6 Å². The minimum absolute atomic E-state index is 0.249. The van der Waals surface area contributed by atoms with Crippen molar-refractivity contribution >= 4 is 5.97 Å². The molecular weight excluding hydrogens is 218 g/mol. The van der Waals surface area contributed by atoms with Gasteiger partial charge < -0.3 is 15.2 Å². The van der Waals surface area contributed by atoms with E-state index < -0.39 is 11.5 Å². The molecule has 1 unspecified atom stereocenters. The van der Waals surface area contributed by atoms with Crippen molar-refractivity contribution in [2.75, 3.05) is 13.2 Å². The van der Waals surface area contributed by atoms with Crippen molar-refractivity contribution in [3.8, 4) is 0 Å². The highest BCUT2D eigenvalue weighted by molar-refractivity contribution is 5.78. The van der Waals surface area contributed by atoms with Crippen LogP contribution in [0.15, 0.2) is 0 Å². The molecule has 0 spiro atoms. The molecule has 0 aliphatic rings. The van der Waals surface area contributed by atoms with Gasteiger partial charge in [-0.15, -0.1) is 0 Å². The number of carboxylic acids is 1. The molecule has 0 saturated carbocycles. The van der Waals surface area contributed by atoms with E-state index in [4.69, 9.17) is 4.74 Å². The third-order valence-corrected chi connectivity index (χ3v) is 2.76. The lowest BCUT2D eigenvalue weighted by Crippen LogP contribution is -2.49. The van der Waals surface area contributed by atoms with Crippen LogP contribution in [0.1, 0.15) is 53.4 Å². The van der Waals surface area contributed by atoms with Gasteiger partial charge in [-0.1, -0.05) is 6.92 Å². The Balaban J connectivity index is 3.88. The highest BCUT2D eigenvalue weighted by atomic mass is 16.5. The molecule has 17 heavy (non-hydrogen) atoms. The van der Waals surface area contributed by atoms with Crippen molar-refractivity contribution in [1.29, 1.82) is 0 Å². The first-order valence-corrected chi connectivity index (χ1v) is 6.52. The predicted molar refractivity (Wildman–Crippen MR) is 69.3 cm³/mol. The van der Waals surface area contributed by atoms with Crippen molar-refractivity contribution in [3.05, 3.63) is 0 Å². The Morgan fingerprint density at radius 1 is 1.41 bits per heavy atom. The molecule has 102 valence electrons. The van der Waals surface area contributed by atoms with E-state index >= 15 is 0 Å². The molecule has 4 heteroatoms. The maximum Gasteiger partial charge on any atom is 0.323 e. The molecule has 0 aliphatic carbocycles. The Hall–Kier alpha value is -0.610. The molecule has 0 aromatic carbocycles. The SMILES string of the molecule is CCCNC(C)(CCCCOC(C)C)C(=O)O. The third kappa shape index (κ3) is 7.34. The summed E-state index contributed by atoms with van der Waals surface area (Å²) in [5.74, 6) is -0.768. The maximum atomic E-state index is 11.2. The number of nitrogens with one attached hydrogen (secondary N) is 1. The summed E-state index contributed by atoms with van der Waals surface area (Å²) < 4.78 is 5.43. The van der Waals surface area contributed by atoms with Crippen LogP contribution in [0, 0.1) is 0 Å². The van der Waals surface area contributed by atoms with Gasteiger partial charge in [0.15, 0.2) is 0 Å². The minimum Gasteiger partial charge on any atom is -0.480 e. The van der Waals surface area contributed by atoms with E-state index in [0.717, 1.165) is 25.8 Å². The van der Waals surface area contributed by atoms with Crippen LogP contribution >= 0.6 is 0 Å². The van der Waals surface area contributed by atoms with Gasteiger partial charge in [0.1, 0.15) is 5.54 Å². The summed E-state index contributed by atoms with van der Waals surface area (Å²) in [5, 5.41) is 12.3. The van der Waals surface area contributed by atoms with Gasteiger partial charge in [-0.2, -0.15) is 0 Å². The summed E-state index contributed by atoms with van der Waals surface area (Å²) in [6, 6.07) is 0. The first-order chi connectivity index (χ1) is 7.92. The molecule has 0 amide bonds. The van der Waals surface area contributed by atoms with Gasteiger partial charge in [0.05, 0.1) is 6.10 Å². The number of carbonyl (C=O) groups is 1. The largest absolute Gasteiger partial charge is 0.480 e. The molecule has 4 nitrogen and oxygen atoms in total. The van der Waals surface area contributed by atoms with Crippen LogP contribution in [0.25, 0.3) is 0 Å². The van der Waals surface area contributed by atoms with Gasteiger partial charge in [-0.3, -0.25) is 4.79 Å². The smallest absolute Gasteiger partial charge is 0.323 e. The fraction of sp³-hybridized carbons (Fsp3) is 0.923. The fourth-order valence-electron chi connectivity index (χ4n) is 1.57. The average Bonchev–Trinajstić information content (AvgIpc) is 2.25. The van der Waals surface area contributed by atoms with E-state index in [-0.39, 0.29) is 6.10 Å². The Bertz CT molecular complexity index is 219. The van der Waals surface area contributed by atoms with Gasteiger partial charge in [-0.05, 0) is 53.0 Å². The van der Waals surface area contributed by atoms with Crippen LogP contribution in [-0.4, -0.2) is 35.9 Å². The van der Waals surface area contributed by atoms with E-state index in [9.17, 15) is 9.90 Å². The lowest BCUT2D eigenvalue weighted by atomic mass is 9.95. The fourth-order valence-corrected chi connectivity index (χ4v) is 1.57. The van der Waals surface area contributed by atoms with E-state index in [1.54, 1.807) is 6.92 Å². The summed E-state index contributed by atoms with van der Waals surface area (Å²) >= 11 is 0.